The van der Waals surface area contributed by atoms with Gasteiger partial charge in [-0.05, 0) is 18.6 Å². The Morgan fingerprint density at radius 2 is 2.18 bits per heavy atom. The smallest absolute Gasteiger partial charge is 0.324 e. The molecule has 1 N–H and O–H groups in total. The van der Waals surface area contributed by atoms with Crippen LogP contribution in [0.15, 0.2) is 18.2 Å². The van der Waals surface area contributed by atoms with Crippen LogP contribution in [0.25, 0.3) is 0 Å². The number of carbonyl (C=O) groups is 2. The zero-order valence-corrected chi connectivity index (χ0v) is 9.82. The summed E-state index contributed by atoms with van der Waals surface area (Å²) in [6.45, 7) is 2.28. The number of hydrogen-bond donors (Lipinski definition) is 1. The second-order valence-corrected chi connectivity index (χ2v) is 3.95. The molecule has 5 nitrogen and oxygen atoms in total. The topological polar surface area (TPSA) is 58.6 Å². The summed E-state index contributed by atoms with van der Waals surface area (Å²) in [6.07, 6.45) is 0. The van der Waals surface area contributed by atoms with Crippen molar-refractivity contribution < 1.29 is 14.3 Å². The molecule has 1 heterocycles. The summed E-state index contributed by atoms with van der Waals surface area (Å²) < 4.78 is 5.24. The Morgan fingerprint density at radius 1 is 1.41 bits per heavy atom. The monoisotopic (exact) mass is 234 g/mol. The van der Waals surface area contributed by atoms with Crippen molar-refractivity contribution >= 4 is 11.9 Å². The van der Waals surface area contributed by atoms with Crippen LogP contribution in [-0.4, -0.2) is 30.5 Å². The summed E-state index contributed by atoms with van der Waals surface area (Å²) in [5.41, 5.74) is 1.89. The lowest BCUT2D eigenvalue weighted by Crippen LogP contribution is -2.30. The highest BCUT2D eigenvalue weighted by Crippen LogP contribution is 2.22. The molecule has 1 aromatic carbocycles. The number of nitrogens with zero attached hydrogens (tertiary/aromatic N) is 1. The van der Waals surface area contributed by atoms with E-state index in [4.69, 9.17) is 4.74 Å². The molecule has 1 saturated heterocycles. The van der Waals surface area contributed by atoms with E-state index in [1.807, 2.05) is 25.1 Å². The molecule has 0 atom stereocenters. The highest BCUT2D eigenvalue weighted by molar-refractivity contribution is 6.01. The van der Waals surface area contributed by atoms with Gasteiger partial charge in [-0.15, -0.1) is 0 Å². The molecule has 5 heteroatoms. The molecular formula is C12H14N2O3. The van der Waals surface area contributed by atoms with E-state index in [9.17, 15) is 9.59 Å². The van der Waals surface area contributed by atoms with Crippen LogP contribution in [-0.2, 0) is 11.3 Å². The summed E-state index contributed by atoms with van der Waals surface area (Å²) in [7, 11) is 1.57. The maximum absolute atomic E-state index is 11.5. The fraction of sp³-hybridized carbons (Fsp3) is 0.333. The molecule has 0 aromatic heterocycles. The molecule has 3 amide bonds. The molecule has 0 unspecified atom stereocenters. The number of amides is 3. The van der Waals surface area contributed by atoms with Gasteiger partial charge < -0.3 is 10.1 Å². The fourth-order valence-electron chi connectivity index (χ4n) is 1.77. The SMILES string of the molecule is COc1cc(C)ccc1CN1C(=O)CNC1=O. The molecule has 0 spiro atoms. The normalized spacial score (nSPS) is 15.1. The van der Waals surface area contributed by atoms with Crippen molar-refractivity contribution in [3.63, 3.8) is 0 Å². The maximum atomic E-state index is 11.5. The average Bonchev–Trinajstić information content (AvgIpc) is 2.62. The molecule has 0 bridgehead atoms. The lowest BCUT2D eigenvalue weighted by Gasteiger charge is -2.15. The van der Waals surface area contributed by atoms with Crippen LogP contribution in [0.5, 0.6) is 5.75 Å². The summed E-state index contributed by atoms with van der Waals surface area (Å²) in [5, 5.41) is 2.49. The van der Waals surface area contributed by atoms with Crippen LogP contribution in [0.3, 0.4) is 0 Å². The molecule has 1 aliphatic heterocycles. The van der Waals surface area contributed by atoms with Crippen molar-refractivity contribution in [2.24, 2.45) is 0 Å². The molecule has 0 radical (unpaired) electrons. The molecule has 17 heavy (non-hydrogen) atoms. The number of rotatable bonds is 3. The minimum atomic E-state index is -0.349. The quantitative estimate of drug-likeness (QED) is 0.795. The lowest BCUT2D eigenvalue weighted by atomic mass is 10.1. The number of urea groups is 1. The van der Waals surface area contributed by atoms with Gasteiger partial charge in [0, 0.05) is 5.56 Å². The Labute approximate surface area is 99.4 Å². The van der Waals surface area contributed by atoms with E-state index >= 15 is 0 Å². The number of methoxy groups -OCH3 is 1. The first-order valence-electron chi connectivity index (χ1n) is 5.33. The minimum absolute atomic E-state index is 0.0764. The molecule has 1 fully saturated rings. The summed E-state index contributed by atoms with van der Waals surface area (Å²) in [5.74, 6) is 0.482. The first-order chi connectivity index (χ1) is 8.11. The van der Waals surface area contributed by atoms with Crippen LogP contribution in [0.1, 0.15) is 11.1 Å². The van der Waals surface area contributed by atoms with Crippen molar-refractivity contribution in [2.75, 3.05) is 13.7 Å². The summed E-state index contributed by atoms with van der Waals surface area (Å²) in [6, 6.07) is 5.33. The Kier molecular flexibility index (Phi) is 2.99. The summed E-state index contributed by atoms with van der Waals surface area (Å²) >= 11 is 0. The molecule has 1 aliphatic rings. The third kappa shape index (κ3) is 2.22. The predicted octanol–water partition coefficient (Wildman–Crippen LogP) is 1.06. The number of aryl methyl sites for hydroxylation is 1. The fourth-order valence-corrected chi connectivity index (χ4v) is 1.77. The van der Waals surface area contributed by atoms with Crippen molar-refractivity contribution in [1.82, 2.24) is 10.2 Å². The van der Waals surface area contributed by atoms with Crippen molar-refractivity contribution in [3.05, 3.63) is 29.3 Å². The molecule has 2 rings (SSSR count). The largest absolute Gasteiger partial charge is 0.496 e. The average molecular weight is 234 g/mol. The minimum Gasteiger partial charge on any atom is -0.496 e. The highest BCUT2D eigenvalue weighted by Gasteiger charge is 2.28. The van der Waals surface area contributed by atoms with Gasteiger partial charge in [0.25, 0.3) is 0 Å². The standard InChI is InChI=1S/C12H14N2O3/c1-8-3-4-9(10(5-8)17-2)7-14-11(15)6-13-12(14)16/h3-5H,6-7H2,1-2H3,(H,13,16). The van der Waals surface area contributed by atoms with Gasteiger partial charge in [-0.3, -0.25) is 9.69 Å². The van der Waals surface area contributed by atoms with Crippen LogP contribution >= 0.6 is 0 Å². The Bertz CT molecular complexity index is 455. The summed E-state index contributed by atoms with van der Waals surface area (Å²) in [4.78, 5) is 24.1. The molecule has 0 saturated carbocycles. The number of imide groups is 1. The van der Waals surface area contributed by atoms with Crippen molar-refractivity contribution in [1.29, 1.82) is 0 Å². The van der Waals surface area contributed by atoms with E-state index in [0.717, 1.165) is 11.1 Å². The third-order valence-corrected chi connectivity index (χ3v) is 2.71. The zero-order chi connectivity index (χ0) is 12.4. The van der Waals surface area contributed by atoms with Crippen LogP contribution in [0.2, 0.25) is 0 Å². The van der Waals surface area contributed by atoms with Gasteiger partial charge in [0.1, 0.15) is 5.75 Å². The van der Waals surface area contributed by atoms with Crippen molar-refractivity contribution in [3.8, 4) is 5.75 Å². The Hall–Kier alpha value is -2.04. The third-order valence-electron chi connectivity index (χ3n) is 2.71. The van der Waals surface area contributed by atoms with E-state index in [1.54, 1.807) is 7.11 Å². The Morgan fingerprint density at radius 3 is 2.76 bits per heavy atom. The van der Waals surface area contributed by atoms with Gasteiger partial charge in [0.05, 0.1) is 20.2 Å². The van der Waals surface area contributed by atoms with Crippen molar-refractivity contribution in [2.45, 2.75) is 13.5 Å². The number of carbonyl (C=O) groups excluding carboxylic acids is 2. The van der Waals surface area contributed by atoms with Crippen LogP contribution in [0.4, 0.5) is 4.79 Å². The van der Waals surface area contributed by atoms with E-state index in [1.165, 1.54) is 4.90 Å². The lowest BCUT2D eigenvalue weighted by molar-refractivity contribution is -0.125. The Balaban J connectivity index is 2.23. The van der Waals surface area contributed by atoms with Gasteiger partial charge in [0.15, 0.2) is 0 Å². The maximum Gasteiger partial charge on any atom is 0.324 e. The highest BCUT2D eigenvalue weighted by atomic mass is 16.5. The molecule has 1 aromatic rings. The van der Waals surface area contributed by atoms with E-state index in [0.29, 0.717) is 5.75 Å². The second-order valence-electron chi connectivity index (χ2n) is 3.95. The molecule has 0 aliphatic carbocycles. The first-order valence-corrected chi connectivity index (χ1v) is 5.33. The number of benzene rings is 1. The van der Waals surface area contributed by atoms with Gasteiger partial charge in [-0.1, -0.05) is 12.1 Å². The van der Waals surface area contributed by atoms with Crippen LogP contribution < -0.4 is 10.1 Å². The van der Waals surface area contributed by atoms with E-state index in [-0.39, 0.29) is 25.0 Å². The number of nitrogens with one attached hydrogen (secondary N) is 1. The number of ether oxygens (including phenoxy) is 1. The molecule has 90 valence electrons. The second kappa shape index (κ2) is 4.45. The first kappa shape index (κ1) is 11.4. The zero-order valence-electron chi connectivity index (χ0n) is 9.82. The number of hydrogen-bond acceptors (Lipinski definition) is 3. The van der Waals surface area contributed by atoms with E-state index in [2.05, 4.69) is 5.32 Å². The van der Waals surface area contributed by atoms with Gasteiger partial charge in [-0.2, -0.15) is 0 Å². The predicted molar refractivity (Wildman–Crippen MR) is 61.7 cm³/mol. The van der Waals surface area contributed by atoms with E-state index < -0.39 is 0 Å². The van der Waals surface area contributed by atoms with Gasteiger partial charge in [0.2, 0.25) is 5.91 Å². The van der Waals surface area contributed by atoms with Crippen LogP contribution in [0, 0.1) is 6.92 Å². The van der Waals surface area contributed by atoms with Gasteiger partial charge in [-0.25, -0.2) is 4.79 Å². The van der Waals surface area contributed by atoms with Gasteiger partial charge >= 0.3 is 6.03 Å². The molecular weight excluding hydrogens is 220 g/mol.